The van der Waals surface area contributed by atoms with E-state index in [1.165, 1.54) is 28.2 Å². The van der Waals surface area contributed by atoms with Crippen molar-refractivity contribution < 1.29 is 19.5 Å². The molecule has 0 aliphatic carbocycles. The largest absolute Gasteiger partial charge is 0.481 e. The van der Waals surface area contributed by atoms with Gasteiger partial charge in [-0.05, 0) is 61.3 Å². The third-order valence-electron chi connectivity index (χ3n) is 5.37. The molecule has 1 amide bonds. The fourth-order valence-electron chi connectivity index (χ4n) is 3.62. The molecule has 204 valence electrons. The van der Waals surface area contributed by atoms with Crippen LogP contribution in [0.5, 0.6) is 0 Å². The van der Waals surface area contributed by atoms with Gasteiger partial charge in [0.2, 0.25) is 0 Å². The third kappa shape index (κ3) is 9.74. The first-order valence-electron chi connectivity index (χ1n) is 12.4. The molecular formula is C29H38N4O5. The molecule has 1 aromatic carbocycles. The van der Waals surface area contributed by atoms with Crippen LogP contribution in [0.25, 0.3) is 11.1 Å². The van der Waals surface area contributed by atoms with Gasteiger partial charge in [0.05, 0.1) is 13.0 Å². The Bertz CT molecular complexity index is 1250. The second kappa shape index (κ2) is 16.6. The Kier molecular flexibility index (Phi) is 13.9. The average molecular weight is 523 g/mol. The average Bonchev–Trinajstić information content (AvgIpc) is 2.88. The molecule has 1 unspecified atom stereocenters. The summed E-state index contributed by atoms with van der Waals surface area (Å²) in [6.45, 7) is 8.31. The number of rotatable bonds is 8. The third-order valence-corrected chi connectivity index (χ3v) is 5.37. The zero-order valence-electron chi connectivity index (χ0n) is 22.9. The lowest BCUT2D eigenvalue weighted by Gasteiger charge is -2.16. The monoisotopic (exact) mass is 522 g/mol. The quantitative estimate of drug-likeness (QED) is 0.383. The first-order chi connectivity index (χ1) is 18.1. The molecular weight excluding hydrogens is 484 g/mol. The number of carboxylic acids is 1. The fourth-order valence-corrected chi connectivity index (χ4v) is 3.62. The Morgan fingerprint density at radius 3 is 2.29 bits per heavy atom. The summed E-state index contributed by atoms with van der Waals surface area (Å²) in [7, 11) is 3.32. The normalized spacial score (nSPS) is 10.7. The van der Waals surface area contributed by atoms with Crippen molar-refractivity contribution >= 4 is 18.2 Å². The van der Waals surface area contributed by atoms with Crippen LogP contribution in [-0.4, -0.2) is 46.4 Å². The van der Waals surface area contributed by atoms with Crippen molar-refractivity contribution in [1.82, 2.24) is 20.2 Å². The number of nitrogens with one attached hydrogen (secondary N) is 2. The van der Waals surface area contributed by atoms with E-state index < -0.39 is 11.9 Å². The number of hydrogen-bond donors (Lipinski definition) is 3. The van der Waals surface area contributed by atoms with E-state index in [1.807, 2.05) is 18.3 Å². The molecule has 2 aromatic heterocycles. The summed E-state index contributed by atoms with van der Waals surface area (Å²) < 4.78 is 1.30. The highest BCUT2D eigenvalue weighted by molar-refractivity contribution is 5.94. The van der Waals surface area contributed by atoms with Crippen molar-refractivity contribution in [1.29, 1.82) is 0 Å². The van der Waals surface area contributed by atoms with Crippen LogP contribution < -0.4 is 16.2 Å². The Morgan fingerprint density at radius 2 is 1.74 bits per heavy atom. The van der Waals surface area contributed by atoms with Crippen LogP contribution in [0.3, 0.4) is 0 Å². The van der Waals surface area contributed by atoms with Gasteiger partial charge in [-0.25, -0.2) is 0 Å². The van der Waals surface area contributed by atoms with Crippen molar-refractivity contribution in [2.75, 3.05) is 13.6 Å². The maximum absolute atomic E-state index is 11.4. The number of nitrogens with zero attached hydrogens (tertiary/aromatic N) is 2. The SMILES string of the molecule is CCC.CNC(CC(=O)O)c1cncc(-c2c(C)cccc2C)c1.Cn1cccc(C(=O)NCC=O)c1=O. The molecule has 0 fully saturated rings. The van der Waals surface area contributed by atoms with E-state index in [2.05, 4.69) is 55.4 Å². The van der Waals surface area contributed by atoms with Crippen LogP contribution in [0.1, 0.15) is 59.8 Å². The first kappa shape index (κ1) is 31.9. The number of aldehydes is 1. The van der Waals surface area contributed by atoms with Crippen LogP contribution in [0.2, 0.25) is 0 Å². The molecule has 2 heterocycles. The van der Waals surface area contributed by atoms with Gasteiger partial charge in [-0.3, -0.25) is 19.4 Å². The molecule has 9 heteroatoms. The van der Waals surface area contributed by atoms with E-state index in [9.17, 15) is 19.2 Å². The number of aryl methyl sites for hydroxylation is 3. The topological polar surface area (TPSA) is 130 Å². The fraction of sp³-hybridized carbons (Fsp3) is 0.345. The van der Waals surface area contributed by atoms with E-state index in [4.69, 9.17) is 5.11 Å². The molecule has 0 saturated carbocycles. The summed E-state index contributed by atoms with van der Waals surface area (Å²) in [6.07, 6.45) is 6.95. The molecule has 0 spiro atoms. The molecule has 9 nitrogen and oxygen atoms in total. The number of amides is 1. The van der Waals surface area contributed by atoms with Crippen LogP contribution in [-0.2, 0) is 16.6 Å². The summed E-state index contributed by atoms with van der Waals surface area (Å²) in [4.78, 5) is 47.9. The standard InChI is InChI=1S/C17H20N2O2.C9H10N2O3.C3H8/c1-11-5-4-6-12(2)17(11)14-7-13(9-19-10-14)15(18-3)8-16(20)21;1-11-5-2-3-7(9(11)14)8(13)10-4-6-12;1-3-2/h4-7,9-10,15,18H,8H2,1-3H3,(H,20,21);2-3,5-6H,4H2,1H3,(H,10,13);3H2,1-2H3. The number of carbonyl (C=O) groups is 3. The molecule has 3 rings (SSSR count). The van der Waals surface area contributed by atoms with Gasteiger partial charge in [0.15, 0.2) is 0 Å². The number of hydrogen-bond acceptors (Lipinski definition) is 6. The van der Waals surface area contributed by atoms with Gasteiger partial charge in [-0.1, -0.05) is 38.5 Å². The molecule has 0 aliphatic rings. The molecule has 0 bridgehead atoms. The van der Waals surface area contributed by atoms with Gasteiger partial charge in [0, 0.05) is 37.2 Å². The van der Waals surface area contributed by atoms with Gasteiger partial charge < -0.3 is 25.1 Å². The number of pyridine rings is 2. The maximum Gasteiger partial charge on any atom is 0.305 e. The van der Waals surface area contributed by atoms with Crippen LogP contribution in [0, 0.1) is 13.8 Å². The van der Waals surface area contributed by atoms with E-state index in [-0.39, 0.29) is 30.1 Å². The highest BCUT2D eigenvalue weighted by Gasteiger charge is 2.15. The second-order valence-electron chi connectivity index (χ2n) is 8.63. The summed E-state index contributed by atoms with van der Waals surface area (Å²) in [6, 6.07) is 11.0. The minimum atomic E-state index is -0.827. The van der Waals surface area contributed by atoms with E-state index in [0.717, 1.165) is 16.7 Å². The van der Waals surface area contributed by atoms with Gasteiger partial charge in [-0.2, -0.15) is 0 Å². The zero-order valence-corrected chi connectivity index (χ0v) is 22.9. The molecule has 38 heavy (non-hydrogen) atoms. The van der Waals surface area contributed by atoms with Crippen LogP contribution in [0.15, 0.2) is 59.8 Å². The van der Waals surface area contributed by atoms with E-state index in [1.54, 1.807) is 32.6 Å². The number of carboxylic acid groups (broad SMARTS) is 1. The lowest BCUT2D eigenvalue weighted by molar-refractivity contribution is -0.137. The molecule has 0 saturated heterocycles. The molecule has 3 aromatic rings. The first-order valence-corrected chi connectivity index (χ1v) is 12.4. The second-order valence-corrected chi connectivity index (χ2v) is 8.63. The summed E-state index contributed by atoms with van der Waals surface area (Å²) in [5, 5.41) is 14.3. The summed E-state index contributed by atoms with van der Waals surface area (Å²) in [5.41, 5.74) is 5.11. The predicted octanol–water partition coefficient (Wildman–Crippen LogP) is 3.83. The minimum Gasteiger partial charge on any atom is -0.481 e. The van der Waals surface area contributed by atoms with Crippen molar-refractivity contribution in [2.24, 2.45) is 7.05 Å². The van der Waals surface area contributed by atoms with Gasteiger partial charge in [0.25, 0.3) is 11.5 Å². The molecule has 1 atom stereocenters. The number of aromatic nitrogens is 2. The highest BCUT2D eigenvalue weighted by atomic mass is 16.4. The lowest BCUT2D eigenvalue weighted by Crippen LogP contribution is -2.32. The highest BCUT2D eigenvalue weighted by Crippen LogP contribution is 2.28. The summed E-state index contributed by atoms with van der Waals surface area (Å²) in [5.74, 6) is -1.36. The Labute approximate surface area is 223 Å². The number of aliphatic carboxylic acids is 1. The molecule has 3 N–H and O–H groups in total. The van der Waals surface area contributed by atoms with Crippen molar-refractivity contribution in [3.05, 3.63) is 87.6 Å². The van der Waals surface area contributed by atoms with E-state index in [0.29, 0.717) is 6.29 Å². The van der Waals surface area contributed by atoms with Crippen LogP contribution >= 0.6 is 0 Å². The predicted molar refractivity (Wildman–Crippen MR) is 149 cm³/mol. The Hall–Kier alpha value is -4.11. The summed E-state index contributed by atoms with van der Waals surface area (Å²) >= 11 is 0. The zero-order chi connectivity index (χ0) is 28.7. The lowest BCUT2D eigenvalue weighted by atomic mass is 9.94. The van der Waals surface area contributed by atoms with Crippen molar-refractivity contribution in [2.45, 2.75) is 46.6 Å². The molecule has 0 aliphatic heterocycles. The Morgan fingerprint density at radius 1 is 1.11 bits per heavy atom. The van der Waals surface area contributed by atoms with Crippen molar-refractivity contribution in [3.8, 4) is 11.1 Å². The van der Waals surface area contributed by atoms with Gasteiger partial charge in [-0.15, -0.1) is 0 Å². The van der Waals surface area contributed by atoms with Crippen LogP contribution in [0.4, 0.5) is 0 Å². The van der Waals surface area contributed by atoms with Gasteiger partial charge in [0.1, 0.15) is 11.8 Å². The number of benzene rings is 1. The minimum absolute atomic E-state index is 0.0361. The van der Waals surface area contributed by atoms with Gasteiger partial charge >= 0.3 is 5.97 Å². The van der Waals surface area contributed by atoms with Crippen molar-refractivity contribution in [3.63, 3.8) is 0 Å². The number of carbonyl (C=O) groups excluding carboxylic acids is 2. The maximum atomic E-state index is 11.4. The smallest absolute Gasteiger partial charge is 0.305 e. The Balaban J connectivity index is 0.000000368. The van der Waals surface area contributed by atoms with E-state index >= 15 is 0 Å². The molecule has 0 radical (unpaired) electrons.